The smallest absolute Gasteiger partial charge is 0.173 e. The zero-order chi connectivity index (χ0) is 14.1. The van der Waals surface area contributed by atoms with Gasteiger partial charge in [-0.15, -0.1) is 0 Å². The zero-order valence-corrected chi connectivity index (χ0v) is 12.5. The summed E-state index contributed by atoms with van der Waals surface area (Å²) < 4.78 is 0.311. The molecule has 0 saturated carbocycles. The Bertz CT molecular complexity index is 852. The molecular weight excluding hydrogens is 365 g/mol. The van der Waals surface area contributed by atoms with Crippen LogP contribution in [0.25, 0.3) is 21.8 Å². The van der Waals surface area contributed by atoms with Crippen LogP contribution in [0.15, 0.2) is 47.6 Å². The number of pyridine rings is 2. The van der Waals surface area contributed by atoms with Crippen LogP contribution in [0, 0.1) is 5.41 Å². The lowest BCUT2D eigenvalue weighted by molar-refractivity contribution is 1.30. The number of aliphatic imine (C=N–C) groups is 1. The highest BCUT2D eigenvalue weighted by Gasteiger charge is 2.07. The van der Waals surface area contributed by atoms with Gasteiger partial charge in [0.2, 0.25) is 0 Å². The van der Waals surface area contributed by atoms with Crippen molar-refractivity contribution in [3.63, 3.8) is 0 Å². The Morgan fingerprint density at radius 2 is 1.80 bits per heavy atom. The molecule has 1 aromatic carbocycles. The molecule has 0 atom stereocenters. The maximum absolute atomic E-state index is 7.89. The van der Waals surface area contributed by atoms with Gasteiger partial charge in [0, 0.05) is 17.0 Å². The lowest BCUT2D eigenvalue weighted by Gasteiger charge is -2.04. The third-order valence-corrected chi connectivity index (χ3v) is 3.13. The lowest BCUT2D eigenvalue weighted by atomic mass is 10.1. The highest BCUT2D eigenvalue weighted by Crippen LogP contribution is 2.22. The minimum absolute atomic E-state index is 0.0479. The molecule has 3 N–H and O–H groups in total. The number of amidine groups is 2. The fourth-order valence-corrected chi connectivity index (χ4v) is 2.26. The first-order valence-corrected chi connectivity index (χ1v) is 6.96. The number of benzene rings is 1. The van der Waals surface area contributed by atoms with Crippen molar-refractivity contribution in [1.29, 1.82) is 5.41 Å². The summed E-state index contributed by atoms with van der Waals surface area (Å²) in [5, 5.41) is 9.89. The molecule has 6 heteroatoms. The summed E-state index contributed by atoms with van der Waals surface area (Å²) in [5.41, 5.74) is 7.57. The molecule has 0 bridgehead atoms. The Kier molecular flexibility index (Phi) is 3.31. The zero-order valence-electron chi connectivity index (χ0n) is 10.3. The van der Waals surface area contributed by atoms with Crippen LogP contribution in [0.1, 0.15) is 5.69 Å². The van der Waals surface area contributed by atoms with E-state index in [1.807, 2.05) is 52.9 Å². The first-order valence-electron chi connectivity index (χ1n) is 5.88. The van der Waals surface area contributed by atoms with E-state index in [1.165, 1.54) is 0 Å². The Balaban J connectivity index is 2.26. The summed E-state index contributed by atoms with van der Waals surface area (Å²) in [6.45, 7) is 0. The van der Waals surface area contributed by atoms with Crippen molar-refractivity contribution in [2.45, 2.75) is 0 Å². The average molecular weight is 375 g/mol. The molecule has 20 heavy (non-hydrogen) atoms. The third-order valence-electron chi connectivity index (χ3n) is 2.89. The minimum atomic E-state index is 0.0479. The Morgan fingerprint density at radius 3 is 2.55 bits per heavy atom. The summed E-state index contributed by atoms with van der Waals surface area (Å²) in [7, 11) is 0. The van der Waals surface area contributed by atoms with Gasteiger partial charge in [0.05, 0.1) is 11.0 Å². The van der Waals surface area contributed by atoms with Crippen LogP contribution in [-0.4, -0.2) is 19.6 Å². The van der Waals surface area contributed by atoms with Crippen LogP contribution in [-0.2, 0) is 0 Å². The van der Waals surface area contributed by atoms with E-state index < -0.39 is 0 Å². The van der Waals surface area contributed by atoms with Crippen LogP contribution in [0.5, 0.6) is 0 Å². The van der Waals surface area contributed by atoms with Crippen molar-refractivity contribution in [1.82, 2.24) is 9.97 Å². The molecule has 3 rings (SSSR count). The first-order chi connectivity index (χ1) is 9.65. The molecular formula is C14H10IN5. The molecule has 0 saturated heterocycles. The molecule has 0 aliphatic carbocycles. The molecule has 0 unspecified atom stereocenters. The van der Waals surface area contributed by atoms with E-state index in [0.29, 0.717) is 9.54 Å². The number of fused-ring (bicyclic) bond motifs is 3. The Morgan fingerprint density at radius 1 is 1.10 bits per heavy atom. The number of rotatable bonds is 1. The summed E-state index contributed by atoms with van der Waals surface area (Å²) in [5.74, 6) is 0.0479. The van der Waals surface area contributed by atoms with E-state index in [9.17, 15) is 0 Å². The van der Waals surface area contributed by atoms with Gasteiger partial charge in [-0.3, -0.25) is 10.4 Å². The second-order valence-electron chi connectivity index (χ2n) is 4.19. The van der Waals surface area contributed by atoms with Crippen LogP contribution in [0.4, 0.5) is 0 Å². The van der Waals surface area contributed by atoms with Gasteiger partial charge in [0.1, 0.15) is 5.69 Å². The maximum Gasteiger partial charge on any atom is 0.173 e. The number of hydrogen-bond acceptors (Lipinski definition) is 3. The van der Waals surface area contributed by atoms with Gasteiger partial charge in [-0.1, -0.05) is 24.3 Å². The highest BCUT2D eigenvalue weighted by atomic mass is 127. The van der Waals surface area contributed by atoms with E-state index >= 15 is 0 Å². The average Bonchev–Trinajstić information content (AvgIpc) is 2.46. The molecule has 98 valence electrons. The maximum atomic E-state index is 7.89. The predicted molar refractivity (Wildman–Crippen MR) is 89.5 cm³/mol. The van der Waals surface area contributed by atoms with Crippen LogP contribution < -0.4 is 5.73 Å². The van der Waals surface area contributed by atoms with Crippen LogP contribution in [0.3, 0.4) is 0 Å². The van der Waals surface area contributed by atoms with E-state index in [-0.39, 0.29) is 5.84 Å². The van der Waals surface area contributed by atoms with Gasteiger partial charge >= 0.3 is 0 Å². The van der Waals surface area contributed by atoms with E-state index in [2.05, 4.69) is 15.0 Å². The SMILES string of the molecule is N=C(N=C(N)I)c1ccc2ccc3cccnc3c2n1. The molecule has 0 aliphatic rings. The summed E-state index contributed by atoms with van der Waals surface area (Å²) in [4.78, 5) is 12.8. The lowest BCUT2D eigenvalue weighted by Crippen LogP contribution is -2.07. The molecule has 2 heterocycles. The van der Waals surface area contributed by atoms with E-state index in [4.69, 9.17) is 11.1 Å². The van der Waals surface area contributed by atoms with Crippen molar-refractivity contribution in [3.05, 3.63) is 48.3 Å². The molecule has 0 spiro atoms. The van der Waals surface area contributed by atoms with Crippen molar-refractivity contribution in [2.75, 3.05) is 0 Å². The quantitative estimate of drug-likeness (QED) is 0.225. The fourth-order valence-electron chi connectivity index (χ4n) is 2.02. The first kappa shape index (κ1) is 12.9. The van der Waals surface area contributed by atoms with Gasteiger partial charge in [-0.25, -0.2) is 9.98 Å². The summed E-state index contributed by atoms with van der Waals surface area (Å²) >= 11 is 1.86. The van der Waals surface area contributed by atoms with Crippen molar-refractivity contribution in [2.24, 2.45) is 10.7 Å². The van der Waals surface area contributed by atoms with E-state index in [1.54, 1.807) is 12.3 Å². The van der Waals surface area contributed by atoms with Crippen LogP contribution >= 0.6 is 22.6 Å². The number of nitrogens with one attached hydrogen (secondary N) is 1. The predicted octanol–water partition coefficient (Wildman–Crippen LogP) is 2.86. The molecule has 0 amide bonds. The van der Waals surface area contributed by atoms with Gasteiger partial charge in [0.25, 0.3) is 0 Å². The van der Waals surface area contributed by atoms with Gasteiger partial charge in [0.15, 0.2) is 9.68 Å². The number of halogens is 1. The second-order valence-corrected chi connectivity index (χ2v) is 5.30. The monoisotopic (exact) mass is 375 g/mol. The fraction of sp³-hybridized carbons (Fsp3) is 0. The number of aromatic nitrogens is 2. The summed E-state index contributed by atoms with van der Waals surface area (Å²) in [6.07, 6.45) is 1.74. The molecule has 0 radical (unpaired) electrons. The number of nitrogens with zero attached hydrogens (tertiary/aromatic N) is 3. The molecule has 2 aromatic heterocycles. The second kappa shape index (κ2) is 5.12. The van der Waals surface area contributed by atoms with Crippen molar-refractivity contribution < 1.29 is 0 Å². The molecule has 3 aromatic rings. The molecule has 5 nitrogen and oxygen atoms in total. The summed E-state index contributed by atoms with van der Waals surface area (Å²) in [6, 6.07) is 11.6. The Hall–Kier alpha value is -2.09. The van der Waals surface area contributed by atoms with Crippen LogP contribution in [0.2, 0.25) is 0 Å². The van der Waals surface area contributed by atoms with Gasteiger partial charge in [-0.2, -0.15) is 0 Å². The van der Waals surface area contributed by atoms with E-state index in [0.717, 1.165) is 21.8 Å². The minimum Gasteiger partial charge on any atom is -0.379 e. The van der Waals surface area contributed by atoms with Crippen molar-refractivity contribution in [3.8, 4) is 0 Å². The Labute approximate surface area is 128 Å². The topological polar surface area (TPSA) is 88.0 Å². The number of hydrogen-bond donors (Lipinski definition) is 2. The largest absolute Gasteiger partial charge is 0.379 e. The normalized spacial score (nSPS) is 11.9. The number of nitrogens with two attached hydrogens (primary N) is 1. The molecule has 0 aliphatic heterocycles. The van der Waals surface area contributed by atoms with Gasteiger partial charge < -0.3 is 5.73 Å². The molecule has 0 fully saturated rings. The highest BCUT2D eigenvalue weighted by molar-refractivity contribution is 14.1. The standard InChI is InChI=1S/C14H10IN5/c15-14(17)20-13(16)10-6-5-9-4-3-8-2-1-7-18-11(8)12(9)19-10/h1-7H,(H3,16,17,20). The third kappa shape index (κ3) is 2.34. The van der Waals surface area contributed by atoms with Gasteiger partial charge in [-0.05, 0) is 34.7 Å². The van der Waals surface area contributed by atoms with Crippen molar-refractivity contribution >= 4 is 54.1 Å².